The van der Waals surface area contributed by atoms with Crippen molar-refractivity contribution in [2.24, 2.45) is 5.92 Å². The molecule has 0 aliphatic carbocycles. The molecule has 13 heavy (non-hydrogen) atoms. The maximum atomic E-state index is 11.6. The Morgan fingerprint density at radius 3 is 2.92 bits per heavy atom. The lowest BCUT2D eigenvalue weighted by Crippen LogP contribution is -2.48. The summed E-state index contributed by atoms with van der Waals surface area (Å²) in [6, 6.07) is 0. The third-order valence-corrected chi connectivity index (χ3v) is 2.41. The van der Waals surface area contributed by atoms with Crippen molar-refractivity contribution < 1.29 is 14.2 Å². The van der Waals surface area contributed by atoms with E-state index in [4.69, 9.17) is 4.74 Å². The van der Waals surface area contributed by atoms with Crippen molar-refractivity contribution in [3.63, 3.8) is 0 Å². The van der Waals surface area contributed by atoms with Gasteiger partial charge < -0.3 is 14.6 Å². The first kappa shape index (κ1) is 10.5. The van der Waals surface area contributed by atoms with Gasteiger partial charge in [0.25, 0.3) is 0 Å². The van der Waals surface area contributed by atoms with E-state index in [2.05, 4.69) is 0 Å². The number of carbonyl (C=O) groups is 1. The van der Waals surface area contributed by atoms with Crippen LogP contribution in [0.1, 0.15) is 19.8 Å². The summed E-state index contributed by atoms with van der Waals surface area (Å²) in [6.45, 7) is 3.18. The summed E-state index contributed by atoms with van der Waals surface area (Å²) >= 11 is 0. The van der Waals surface area contributed by atoms with Gasteiger partial charge in [0.15, 0.2) is 0 Å². The van der Waals surface area contributed by atoms with E-state index in [1.807, 2.05) is 0 Å². The number of likely N-dealkylation sites (tertiary alicyclic amines) is 1. The van der Waals surface area contributed by atoms with Crippen molar-refractivity contribution in [3.05, 3.63) is 5.21 Å². The number of nitrogens with zero attached hydrogens (tertiary/aromatic N) is 1. The average molecular weight is 187 g/mol. The summed E-state index contributed by atoms with van der Waals surface area (Å²) in [6.07, 6.45) is 1.62. The van der Waals surface area contributed by atoms with Crippen molar-refractivity contribution in [1.29, 1.82) is 0 Å². The Balaban J connectivity index is 2.47. The van der Waals surface area contributed by atoms with Gasteiger partial charge in [-0.1, -0.05) is 0 Å². The SMILES string of the molecule is CCOC(=O)C1CCC[N+](C)([O-])C1. The number of rotatable bonds is 2. The van der Waals surface area contributed by atoms with Crippen LogP contribution in [0.5, 0.6) is 0 Å². The van der Waals surface area contributed by atoms with E-state index < -0.39 is 0 Å². The number of hydrogen-bond acceptors (Lipinski definition) is 3. The smallest absolute Gasteiger partial charge is 0.314 e. The second-order valence-electron chi connectivity index (χ2n) is 3.79. The van der Waals surface area contributed by atoms with Gasteiger partial charge in [-0.25, -0.2) is 0 Å². The summed E-state index contributed by atoms with van der Waals surface area (Å²) in [5, 5.41) is 11.6. The Bertz CT molecular complexity index is 191. The summed E-state index contributed by atoms with van der Waals surface area (Å²) < 4.78 is 4.58. The number of ether oxygens (including phenoxy) is 1. The highest BCUT2D eigenvalue weighted by Crippen LogP contribution is 2.21. The minimum atomic E-state index is -0.302. The molecular weight excluding hydrogens is 170 g/mol. The van der Waals surface area contributed by atoms with E-state index in [9.17, 15) is 10.0 Å². The van der Waals surface area contributed by atoms with Gasteiger partial charge in [-0.15, -0.1) is 0 Å². The molecule has 0 bridgehead atoms. The van der Waals surface area contributed by atoms with Crippen LogP contribution >= 0.6 is 0 Å². The molecule has 0 saturated carbocycles. The molecule has 0 N–H and O–H groups in total. The van der Waals surface area contributed by atoms with Crippen LogP contribution in [0.4, 0.5) is 0 Å². The minimum absolute atomic E-state index is 0.184. The van der Waals surface area contributed by atoms with E-state index in [0.717, 1.165) is 12.8 Å². The Morgan fingerprint density at radius 2 is 2.38 bits per heavy atom. The van der Waals surface area contributed by atoms with Crippen LogP contribution in [0, 0.1) is 11.1 Å². The summed E-state index contributed by atoms with van der Waals surface area (Å²) in [4.78, 5) is 11.3. The highest BCUT2D eigenvalue weighted by molar-refractivity contribution is 5.72. The van der Waals surface area contributed by atoms with Crippen molar-refractivity contribution in [2.75, 3.05) is 26.7 Å². The molecule has 1 saturated heterocycles. The number of hydrogen-bond donors (Lipinski definition) is 0. The molecule has 1 fully saturated rings. The van der Waals surface area contributed by atoms with E-state index >= 15 is 0 Å². The fourth-order valence-corrected chi connectivity index (χ4v) is 1.77. The van der Waals surface area contributed by atoms with Crippen LogP contribution in [0.2, 0.25) is 0 Å². The highest BCUT2D eigenvalue weighted by Gasteiger charge is 2.30. The Hall–Kier alpha value is -0.610. The summed E-state index contributed by atoms with van der Waals surface area (Å²) in [7, 11) is 1.62. The molecular formula is C9H17NO3. The zero-order valence-corrected chi connectivity index (χ0v) is 8.28. The van der Waals surface area contributed by atoms with Gasteiger partial charge in [0, 0.05) is 0 Å². The third-order valence-electron chi connectivity index (χ3n) is 2.41. The lowest BCUT2D eigenvalue weighted by Gasteiger charge is -2.43. The number of esters is 1. The molecule has 4 nitrogen and oxygen atoms in total. The first-order chi connectivity index (χ1) is 6.05. The summed E-state index contributed by atoms with van der Waals surface area (Å²) in [5.41, 5.74) is 0. The predicted octanol–water partition coefficient (Wildman–Crippen LogP) is 0.904. The van der Waals surface area contributed by atoms with Crippen LogP contribution in [0.3, 0.4) is 0 Å². The number of quaternary nitrogens is 1. The molecule has 1 aliphatic heterocycles. The molecule has 0 aromatic heterocycles. The van der Waals surface area contributed by atoms with Crippen molar-refractivity contribution in [1.82, 2.24) is 0 Å². The number of hydroxylamine groups is 3. The van der Waals surface area contributed by atoms with Crippen molar-refractivity contribution in [3.8, 4) is 0 Å². The second-order valence-corrected chi connectivity index (χ2v) is 3.79. The molecule has 0 amide bonds. The van der Waals surface area contributed by atoms with Gasteiger partial charge in [0.2, 0.25) is 0 Å². The summed E-state index contributed by atoms with van der Waals surface area (Å²) in [5.74, 6) is -0.390. The van der Waals surface area contributed by atoms with Gasteiger partial charge in [0.05, 0.1) is 26.7 Å². The Labute approximate surface area is 78.6 Å². The number of carbonyl (C=O) groups excluding carboxylic acids is 1. The molecule has 1 heterocycles. The molecule has 0 radical (unpaired) electrons. The first-order valence-corrected chi connectivity index (χ1v) is 4.77. The zero-order chi connectivity index (χ0) is 9.90. The molecule has 4 heteroatoms. The molecule has 2 unspecified atom stereocenters. The van der Waals surface area contributed by atoms with Gasteiger partial charge in [-0.3, -0.25) is 4.79 Å². The fraction of sp³-hybridized carbons (Fsp3) is 0.889. The molecule has 0 aromatic carbocycles. The Morgan fingerprint density at radius 1 is 1.69 bits per heavy atom. The quantitative estimate of drug-likeness (QED) is 0.366. The largest absolute Gasteiger partial charge is 0.633 e. The van der Waals surface area contributed by atoms with Gasteiger partial charge in [-0.2, -0.15) is 0 Å². The monoisotopic (exact) mass is 187 g/mol. The van der Waals surface area contributed by atoms with E-state index in [-0.39, 0.29) is 16.5 Å². The second kappa shape index (κ2) is 4.07. The van der Waals surface area contributed by atoms with Crippen LogP contribution < -0.4 is 0 Å². The average Bonchev–Trinajstić information content (AvgIpc) is 2.03. The van der Waals surface area contributed by atoms with E-state index in [1.54, 1.807) is 14.0 Å². The lowest BCUT2D eigenvalue weighted by atomic mass is 9.98. The topological polar surface area (TPSA) is 49.4 Å². The molecule has 1 rings (SSSR count). The maximum Gasteiger partial charge on any atom is 0.314 e. The maximum absolute atomic E-state index is 11.6. The number of piperidine rings is 1. The minimum Gasteiger partial charge on any atom is -0.633 e. The predicted molar refractivity (Wildman–Crippen MR) is 48.6 cm³/mol. The van der Waals surface area contributed by atoms with Crippen LogP contribution in [-0.2, 0) is 9.53 Å². The molecule has 0 aromatic rings. The van der Waals surface area contributed by atoms with Crippen molar-refractivity contribution >= 4 is 5.97 Å². The van der Waals surface area contributed by atoms with Crippen molar-refractivity contribution in [2.45, 2.75) is 19.8 Å². The lowest BCUT2D eigenvalue weighted by molar-refractivity contribution is -0.868. The molecule has 2 atom stereocenters. The fourth-order valence-electron chi connectivity index (χ4n) is 1.77. The highest BCUT2D eigenvalue weighted by atomic mass is 16.5. The van der Waals surface area contributed by atoms with Crippen LogP contribution in [-0.4, -0.2) is 37.4 Å². The third kappa shape index (κ3) is 2.97. The van der Waals surface area contributed by atoms with Gasteiger partial charge >= 0.3 is 5.97 Å². The van der Waals surface area contributed by atoms with Crippen LogP contribution in [0.15, 0.2) is 0 Å². The zero-order valence-electron chi connectivity index (χ0n) is 8.28. The van der Waals surface area contributed by atoms with E-state index in [0.29, 0.717) is 19.7 Å². The van der Waals surface area contributed by atoms with Gasteiger partial charge in [0.1, 0.15) is 5.92 Å². The van der Waals surface area contributed by atoms with E-state index in [1.165, 1.54) is 0 Å². The standard InChI is InChI=1S/C9H17NO3/c1-3-13-9(11)8-5-4-6-10(2,12)7-8/h8H,3-7H2,1-2H3. The first-order valence-electron chi connectivity index (χ1n) is 4.77. The molecule has 0 spiro atoms. The molecule has 1 aliphatic rings. The normalized spacial score (nSPS) is 34.2. The Kier molecular flexibility index (Phi) is 3.27. The van der Waals surface area contributed by atoms with Crippen LogP contribution in [0.25, 0.3) is 0 Å². The van der Waals surface area contributed by atoms with Gasteiger partial charge in [-0.05, 0) is 19.8 Å². The molecule has 76 valence electrons.